The fraction of sp³-hybridized carbons (Fsp3) is 1.00. The maximum absolute atomic E-state index is 5.11. The molecule has 0 aromatic carbocycles. The van der Waals surface area contributed by atoms with E-state index < -0.39 is 0 Å². The summed E-state index contributed by atoms with van der Waals surface area (Å²) in [6, 6.07) is 0. The van der Waals surface area contributed by atoms with E-state index in [1.165, 1.54) is 77.0 Å². The maximum Gasteiger partial charge on any atom is 0.0113 e. The minimum Gasteiger partial charge on any atom is -0.258 e. The van der Waals surface area contributed by atoms with Crippen molar-refractivity contribution in [1.82, 2.24) is 11.0 Å². The van der Waals surface area contributed by atoms with Gasteiger partial charge in [-0.15, -0.1) is 49.6 Å². The van der Waals surface area contributed by atoms with Crippen molar-refractivity contribution in [2.24, 2.45) is 5.84 Å². The summed E-state index contributed by atoms with van der Waals surface area (Å²) >= 11 is 0. The molecular formula is C14H37Cl4N3. The first-order chi connectivity index (χ1) is 8.41. The number of hydrogen-bond donors (Lipinski definition) is 3. The lowest BCUT2D eigenvalue weighted by Crippen LogP contribution is -2.38. The van der Waals surface area contributed by atoms with E-state index in [-0.39, 0.29) is 49.6 Å². The van der Waals surface area contributed by atoms with Crippen LogP contribution in [-0.4, -0.2) is 6.54 Å². The van der Waals surface area contributed by atoms with E-state index in [0.717, 1.165) is 6.54 Å². The molecule has 0 radical (unpaired) electrons. The molecule has 0 aromatic heterocycles. The standard InChI is InChI=1S/C14H33N3.4ClH/c1-2-3-4-5-6-7-8-9-10-11-12-13-14-16-17-15;;;;/h16-17H,2-15H2,1H3;4*1H. The first kappa shape index (κ1) is 33.6. The number of hydrogen-bond acceptors (Lipinski definition) is 3. The Morgan fingerprint density at radius 1 is 0.571 bits per heavy atom. The second kappa shape index (κ2) is 32.8. The number of nitrogens with one attached hydrogen (secondary N) is 2. The fourth-order valence-corrected chi connectivity index (χ4v) is 2.13. The molecular weight excluding hydrogens is 352 g/mol. The van der Waals surface area contributed by atoms with E-state index in [1.807, 2.05) is 0 Å². The quantitative estimate of drug-likeness (QED) is 0.213. The Labute approximate surface area is 156 Å². The van der Waals surface area contributed by atoms with Gasteiger partial charge < -0.3 is 0 Å². The van der Waals surface area contributed by atoms with Crippen LogP contribution in [0, 0.1) is 0 Å². The third-order valence-corrected chi connectivity index (χ3v) is 3.26. The molecule has 21 heavy (non-hydrogen) atoms. The van der Waals surface area contributed by atoms with Crippen LogP contribution in [0.1, 0.15) is 84.0 Å². The van der Waals surface area contributed by atoms with Crippen molar-refractivity contribution >= 4 is 49.6 Å². The first-order valence-corrected chi connectivity index (χ1v) is 7.60. The predicted octanol–water partition coefficient (Wildman–Crippen LogP) is 5.34. The summed E-state index contributed by atoms with van der Waals surface area (Å²) in [6.45, 7) is 3.26. The van der Waals surface area contributed by atoms with Gasteiger partial charge in [-0.25, -0.2) is 5.43 Å². The molecule has 7 heteroatoms. The lowest BCUT2D eigenvalue weighted by atomic mass is 10.1. The molecule has 0 unspecified atom stereocenters. The van der Waals surface area contributed by atoms with Crippen LogP contribution in [0.5, 0.6) is 0 Å². The number of halogens is 4. The topological polar surface area (TPSA) is 50.1 Å². The monoisotopic (exact) mass is 387 g/mol. The summed E-state index contributed by atoms with van der Waals surface area (Å²) in [5.74, 6) is 5.11. The lowest BCUT2D eigenvalue weighted by molar-refractivity contribution is 0.505. The molecule has 136 valence electrons. The van der Waals surface area contributed by atoms with E-state index >= 15 is 0 Å². The molecule has 0 aliphatic rings. The number of hydrazine groups is 2. The van der Waals surface area contributed by atoms with Gasteiger partial charge in [0, 0.05) is 6.54 Å². The highest BCUT2D eigenvalue weighted by molar-refractivity contribution is 5.86. The molecule has 4 N–H and O–H groups in total. The molecule has 0 aliphatic heterocycles. The highest BCUT2D eigenvalue weighted by atomic mass is 35.5. The average molecular weight is 389 g/mol. The predicted molar refractivity (Wildman–Crippen MR) is 105 cm³/mol. The molecule has 0 aliphatic carbocycles. The molecule has 0 aromatic rings. The first-order valence-electron chi connectivity index (χ1n) is 7.60. The summed E-state index contributed by atoms with van der Waals surface area (Å²) in [4.78, 5) is 0. The zero-order valence-corrected chi connectivity index (χ0v) is 16.7. The van der Waals surface area contributed by atoms with Gasteiger partial charge in [-0.05, 0) is 6.42 Å². The molecule has 0 saturated heterocycles. The second-order valence-electron chi connectivity index (χ2n) is 4.96. The van der Waals surface area contributed by atoms with Crippen molar-refractivity contribution in [2.75, 3.05) is 6.54 Å². The summed E-state index contributed by atoms with van der Waals surface area (Å²) in [6.07, 6.45) is 16.8. The van der Waals surface area contributed by atoms with Gasteiger partial charge >= 0.3 is 0 Å². The SMILES string of the molecule is CCCCCCCCCCCCCCNNN.Cl.Cl.Cl.Cl. The smallest absolute Gasteiger partial charge is 0.0113 e. The number of nitrogens with two attached hydrogens (primary N) is 1. The zero-order valence-electron chi connectivity index (χ0n) is 13.4. The Bertz CT molecular complexity index is 129. The van der Waals surface area contributed by atoms with Gasteiger partial charge in [0.25, 0.3) is 0 Å². The fourth-order valence-electron chi connectivity index (χ4n) is 2.13. The lowest BCUT2D eigenvalue weighted by Gasteiger charge is -2.03. The summed E-state index contributed by atoms with van der Waals surface area (Å²) < 4.78 is 0. The summed E-state index contributed by atoms with van der Waals surface area (Å²) in [7, 11) is 0. The average Bonchev–Trinajstić information content (AvgIpc) is 2.35. The van der Waals surface area contributed by atoms with Gasteiger partial charge in [0.1, 0.15) is 0 Å². The van der Waals surface area contributed by atoms with Gasteiger partial charge in [-0.2, -0.15) is 5.53 Å². The van der Waals surface area contributed by atoms with Gasteiger partial charge in [-0.3, -0.25) is 5.84 Å². The largest absolute Gasteiger partial charge is 0.258 e. The number of rotatable bonds is 14. The Balaban J connectivity index is -0.000000213. The molecule has 0 amide bonds. The Kier molecular flexibility index (Phi) is 52.6. The molecule has 0 fully saturated rings. The second-order valence-corrected chi connectivity index (χ2v) is 4.96. The minimum atomic E-state index is 0. The zero-order chi connectivity index (χ0) is 12.6. The molecule has 0 saturated carbocycles. The van der Waals surface area contributed by atoms with Crippen LogP contribution in [0.3, 0.4) is 0 Å². The summed E-state index contributed by atoms with van der Waals surface area (Å²) in [5, 5.41) is 0. The van der Waals surface area contributed by atoms with Crippen LogP contribution in [-0.2, 0) is 0 Å². The van der Waals surface area contributed by atoms with Crippen LogP contribution in [0.4, 0.5) is 0 Å². The third kappa shape index (κ3) is 33.7. The van der Waals surface area contributed by atoms with Crippen LogP contribution < -0.4 is 16.8 Å². The Morgan fingerprint density at radius 2 is 0.905 bits per heavy atom. The molecule has 0 spiro atoms. The van der Waals surface area contributed by atoms with Crippen molar-refractivity contribution in [2.45, 2.75) is 84.0 Å². The summed E-state index contributed by atoms with van der Waals surface area (Å²) in [5.41, 5.74) is 5.37. The van der Waals surface area contributed by atoms with Gasteiger partial charge in [0.15, 0.2) is 0 Å². The third-order valence-electron chi connectivity index (χ3n) is 3.26. The molecule has 0 heterocycles. The highest BCUT2D eigenvalue weighted by Crippen LogP contribution is 2.11. The maximum atomic E-state index is 5.11. The highest BCUT2D eigenvalue weighted by Gasteiger charge is 1.93. The van der Waals surface area contributed by atoms with Crippen LogP contribution in [0.2, 0.25) is 0 Å². The van der Waals surface area contributed by atoms with E-state index in [2.05, 4.69) is 17.9 Å². The Morgan fingerprint density at radius 3 is 1.24 bits per heavy atom. The van der Waals surface area contributed by atoms with Crippen molar-refractivity contribution in [1.29, 1.82) is 0 Å². The van der Waals surface area contributed by atoms with Crippen molar-refractivity contribution in [3.8, 4) is 0 Å². The Hall–Kier alpha value is 1.04. The molecule has 0 bridgehead atoms. The molecule has 3 nitrogen and oxygen atoms in total. The normalized spacial score (nSPS) is 8.86. The van der Waals surface area contributed by atoms with Crippen molar-refractivity contribution < 1.29 is 0 Å². The van der Waals surface area contributed by atoms with E-state index in [1.54, 1.807) is 0 Å². The minimum absolute atomic E-state index is 0. The van der Waals surface area contributed by atoms with Crippen LogP contribution in [0.25, 0.3) is 0 Å². The molecule has 0 rings (SSSR count). The van der Waals surface area contributed by atoms with E-state index in [0.29, 0.717) is 0 Å². The van der Waals surface area contributed by atoms with Crippen LogP contribution >= 0.6 is 49.6 Å². The van der Waals surface area contributed by atoms with Crippen LogP contribution in [0.15, 0.2) is 0 Å². The van der Waals surface area contributed by atoms with Gasteiger partial charge in [0.05, 0.1) is 0 Å². The van der Waals surface area contributed by atoms with Gasteiger partial charge in [0.2, 0.25) is 0 Å². The van der Waals surface area contributed by atoms with E-state index in [4.69, 9.17) is 5.84 Å². The van der Waals surface area contributed by atoms with Crippen molar-refractivity contribution in [3.63, 3.8) is 0 Å². The molecule has 0 atom stereocenters. The van der Waals surface area contributed by atoms with Gasteiger partial charge in [-0.1, -0.05) is 77.6 Å². The number of unbranched alkanes of at least 4 members (excludes halogenated alkanes) is 11. The van der Waals surface area contributed by atoms with E-state index in [9.17, 15) is 0 Å². The van der Waals surface area contributed by atoms with Crippen molar-refractivity contribution in [3.05, 3.63) is 0 Å².